The fourth-order valence-electron chi connectivity index (χ4n) is 3.03. The Balaban J connectivity index is 1.54. The summed E-state index contributed by atoms with van der Waals surface area (Å²) in [6.45, 7) is 2.51. The fourth-order valence-corrected chi connectivity index (χ4v) is 4.29. The molecule has 5 nitrogen and oxygen atoms in total. The molecular formula is C22H20N2O3S. The Kier molecular flexibility index (Phi) is 4.88. The van der Waals surface area contributed by atoms with Crippen molar-refractivity contribution >= 4 is 21.2 Å². The monoisotopic (exact) mass is 392 g/mol. The van der Waals surface area contributed by atoms with E-state index < -0.39 is 9.84 Å². The third kappa shape index (κ3) is 3.64. The quantitative estimate of drug-likeness (QED) is 0.667. The molecule has 1 N–H and O–H groups in total. The molecule has 28 heavy (non-hydrogen) atoms. The van der Waals surface area contributed by atoms with Gasteiger partial charge in [0, 0.05) is 12.0 Å². The number of para-hydroxylation sites is 1. The van der Waals surface area contributed by atoms with Crippen molar-refractivity contribution in [2.24, 2.45) is 5.10 Å². The van der Waals surface area contributed by atoms with Crippen LogP contribution in [0.5, 0.6) is 5.75 Å². The largest absolute Gasteiger partial charge is 0.492 e. The molecule has 6 heteroatoms. The van der Waals surface area contributed by atoms with Crippen molar-refractivity contribution in [2.75, 3.05) is 12.0 Å². The van der Waals surface area contributed by atoms with E-state index in [0.29, 0.717) is 13.0 Å². The van der Waals surface area contributed by atoms with Crippen LogP contribution >= 0.6 is 0 Å². The van der Waals surface area contributed by atoms with Gasteiger partial charge in [-0.15, -0.1) is 0 Å². The Morgan fingerprint density at radius 1 is 0.893 bits per heavy atom. The minimum absolute atomic E-state index is 0.256. The van der Waals surface area contributed by atoms with Gasteiger partial charge in [0.25, 0.3) is 0 Å². The van der Waals surface area contributed by atoms with Crippen molar-refractivity contribution < 1.29 is 13.2 Å². The van der Waals surface area contributed by atoms with Gasteiger partial charge in [-0.1, -0.05) is 29.8 Å². The van der Waals surface area contributed by atoms with Crippen LogP contribution in [0, 0.1) is 6.92 Å². The van der Waals surface area contributed by atoms with E-state index in [9.17, 15) is 8.42 Å². The van der Waals surface area contributed by atoms with Crippen molar-refractivity contribution in [1.29, 1.82) is 0 Å². The van der Waals surface area contributed by atoms with Gasteiger partial charge < -0.3 is 4.74 Å². The lowest BCUT2D eigenvalue weighted by atomic mass is 10.0. The minimum Gasteiger partial charge on any atom is -0.492 e. The Morgan fingerprint density at radius 3 is 2.25 bits per heavy atom. The third-order valence-corrected chi connectivity index (χ3v) is 6.40. The van der Waals surface area contributed by atoms with Crippen LogP contribution in [0.2, 0.25) is 0 Å². The van der Waals surface area contributed by atoms with Crippen molar-refractivity contribution in [1.82, 2.24) is 0 Å². The summed E-state index contributed by atoms with van der Waals surface area (Å²) in [4.78, 5) is 0.545. The highest BCUT2D eigenvalue weighted by molar-refractivity contribution is 7.91. The number of hydrogen-bond acceptors (Lipinski definition) is 5. The van der Waals surface area contributed by atoms with Crippen LogP contribution in [-0.2, 0) is 9.84 Å². The summed E-state index contributed by atoms with van der Waals surface area (Å²) in [5, 5.41) is 4.49. The first-order valence-electron chi connectivity index (χ1n) is 9.01. The van der Waals surface area contributed by atoms with Gasteiger partial charge in [-0.05, 0) is 55.5 Å². The van der Waals surface area contributed by atoms with Crippen molar-refractivity contribution in [3.05, 3.63) is 83.9 Å². The summed E-state index contributed by atoms with van der Waals surface area (Å²) < 4.78 is 31.1. The molecule has 0 atom stereocenters. The molecule has 3 aromatic carbocycles. The van der Waals surface area contributed by atoms with Crippen LogP contribution in [0.15, 0.2) is 87.7 Å². The van der Waals surface area contributed by atoms with Crippen LogP contribution in [0.25, 0.3) is 0 Å². The van der Waals surface area contributed by atoms with Crippen LogP contribution in [0.3, 0.4) is 0 Å². The summed E-state index contributed by atoms with van der Waals surface area (Å²) in [5.41, 5.74) is 6.65. The first-order chi connectivity index (χ1) is 13.5. The summed E-state index contributed by atoms with van der Waals surface area (Å²) in [5.74, 6) is 0.828. The van der Waals surface area contributed by atoms with E-state index >= 15 is 0 Å². The molecule has 1 aliphatic heterocycles. The zero-order valence-electron chi connectivity index (χ0n) is 15.4. The number of benzene rings is 3. The minimum atomic E-state index is -3.53. The molecule has 3 aromatic rings. The number of ether oxygens (including phenoxy) is 1. The van der Waals surface area contributed by atoms with Crippen LogP contribution < -0.4 is 10.2 Å². The van der Waals surface area contributed by atoms with Crippen molar-refractivity contribution in [3.63, 3.8) is 0 Å². The highest BCUT2D eigenvalue weighted by atomic mass is 32.2. The Morgan fingerprint density at radius 2 is 1.54 bits per heavy atom. The second kappa shape index (κ2) is 7.48. The molecule has 142 valence electrons. The number of nitrogens with one attached hydrogen (secondary N) is 1. The van der Waals surface area contributed by atoms with Crippen LogP contribution in [0.4, 0.5) is 5.69 Å². The van der Waals surface area contributed by atoms with Gasteiger partial charge in [-0.25, -0.2) is 8.42 Å². The molecular weight excluding hydrogens is 372 g/mol. The zero-order chi connectivity index (χ0) is 19.6. The molecule has 0 saturated carbocycles. The third-order valence-electron chi connectivity index (χ3n) is 4.61. The number of anilines is 1. The summed E-state index contributed by atoms with van der Waals surface area (Å²) in [6, 6.07) is 21.3. The molecule has 4 rings (SSSR count). The number of nitrogens with zero attached hydrogens (tertiary/aromatic N) is 1. The summed E-state index contributed by atoms with van der Waals surface area (Å²) in [6.07, 6.45) is 0.712. The first-order valence-corrected chi connectivity index (χ1v) is 10.5. The van der Waals surface area contributed by atoms with Gasteiger partial charge in [0.2, 0.25) is 9.84 Å². The molecule has 0 aliphatic carbocycles. The molecule has 0 unspecified atom stereocenters. The second-order valence-corrected chi connectivity index (χ2v) is 8.56. The van der Waals surface area contributed by atoms with Gasteiger partial charge >= 0.3 is 0 Å². The van der Waals surface area contributed by atoms with E-state index in [1.807, 2.05) is 31.2 Å². The van der Waals surface area contributed by atoms with Crippen LogP contribution in [0.1, 0.15) is 17.5 Å². The van der Waals surface area contributed by atoms with Gasteiger partial charge in [0.1, 0.15) is 5.75 Å². The van der Waals surface area contributed by atoms with E-state index in [4.69, 9.17) is 4.74 Å². The maximum atomic E-state index is 12.7. The highest BCUT2D eigenvalue weighted by Crippen LogP contribution is 2.25. The molecule has 1 heterocycles. The molecule has 0 amide bonds. The number of rotatable bonds is 4. The molecule has 0 fully saturated rings. The van der Waals surface area contributed by atoms with E-state index in [0.717, 1.165) is 28.3 Å². The number of aryl methyl sites for hydroxylation is 1. The number of sulfone groups is 1. The fraction of sp³-hybridized carbons (Fsp3) is 0.136. The zero-order valence-corrected chi connectivity index (χ0v) is 16.2. The average Bonchev–Trinajstić information content (AvgIpc) is 2.73. The number of fused-ring (bicyclic) bond motifs is 1. The standard InChI is InChI=1S/C22H20N2O3S/c1-16-6-10-18(11-7-16)28(25,26)19-12-8-17(9-13-19)23-24-21-14-15-27-22-5-3-2-4-20(21)22/h2-13,23H,14-15H2,1H3. The summed E-state index contributed by atoms with van der Waals surface area (Å²) in [7, 11) is -3.53. The molecule has 1 aliphatic rings. The molecule has 0 aromatic heterocycles. The lowest BCUT2D eigenvalue weighted by Gasteiger charge is -2.18. The van der Waals surface area contributed by atoms with Gasteiger partial charge in [0.05, 0.1) is 27.8 Å². The maximum Gasteiger partial charge on any atom is 0.206 e. The van der Waals surface area contributed by atoms with Crippen molar-refractivity contribution in [3.8, 4) is 5.75 Å². The Hall–Kier alpha value is -3.12. The van der Waals surface area contributed by atoms with Gasteiger partial charge in [0.15, 0.2) is 0 Å². The molecule has 0 bridgehead atoms. The number of hydrazone groups is 1. The predicted molar refractivity (Wildman–Crippen MR) is 110 cm³/mol. The van der Waals surface area contributed by atoms with Gasteiger partial charge in [-0.3, -0.25) is 5.43 Å². The predicted octanol–water partition coefficient (Wildman–Crippen LogP) is 4.43. The molecule has 0 radical (unpaired) electrons. The SMILES string of the molecule is Cc1ccc(S(=O)(=O)c2ccc(NN=C3CCOc4ccccc43)cc2)cc1. The molecule has 0 saturated heterocycles. The smallest absolute Gasteiger partial charge is 0.206 e. The molecule has 0 spiro atoms. The summed E-state index contributed by atoms with van der Waals surface area (Å²) >= 11 is 0. The normalized spacial score (nSPS) is 15.0. The maximum absolute atomic E-state index is 12.7. The Labute approximate surface area is 164 Å². The van der Waals surface area contributed by atoms with Crippen molar-refractivity contribution in [2.45, 2.75) is 23.1 Å². The topological polar surface area (TPSA) is 67.8 Å². The second-order valence-electron chi connectivity index (χ2n) is 6.61. The first kappa shape index (κ1) is 18.3. The highest BCUT2D eigenvalue weighted by Gasteiger charge is 2.18. The van der Waals surface area contributed by atoms with E-state index in [-0.39, 0.29) is 9.79 Å². The lowest BCUT2D eigenvalue weighted by Crippen LogP contribution is -2.17. The van der Waals surface area contributed by atoms with E-state index in [2.05, 4.69) is 10.5 Å². The van der Waals surface area contributed by atoms with E-state index in [1.165, 1.54) is 0 Å². The average molecular weight is 392 g/mol. The van der Waals surface area contributed by atoms with E-state index in [1.54, 1.807) is 48.5 Å². The Bertz CT molecular complexity index is 1120. The lowest BCUT2D eigenvalue weighted by molar-refractivity contribution is 0.320. The number of hydrogen-bond donors (Lipinski definition) is 1. The van der Waals surface area contributed by atoms with Crippen LogP contribution in [-0.4, -0.2) is 20.7 Å². The van der Waals surface area contributed by atoms with Gasteiger partial charge in [-0.2, -0.15) is 5.10 Å².